The summed E-state index contributed by atoms with van der Waals surface area (Å²) in [6.45, 7) is 1.81. The van der Waals surface area contributed by atoms with E-state index in [-0.39, 0.29) is 11.0 Å². The Morgan fingerprint density at radius 2 is 1.80 bits per heavy atom. The lowest BCUT2D eigenvalue weighted by molar-refractivity contribution is 0.0993. The second-order valence-corrected chi connectivity index (χ2v) is 6.96. The number of hydrogen-bond donors (Lipinski definition) is 0. The number of halogens is 1. The van der Waals surface area contributed by atoms with Gasteiger partial charge in [-0.1, -0.05) is 23.4 Å². The Morgan fingerprint density at radius 1 is 1.12 bits per heavy atom. The number of ether oxygens (including phenoxy) is 1. The highest BCUT2D eigenvalue weighted by Gasteiger charge is 2.20. The molecule has 2 aromatic carbocycles. The molecule has 0 saturated carbocycles. The van der Waals surface area contributed by atoms with Crippen molar-refractivity contribution in [3.05, 3.63) is 59.1 Å². The molecule has 0 amide bonds. The highest BCUT2D eigenvalue weighted by atomic mass is 35.5. The van der Waals surface area contributed by atoms with E-state index in [9.17, 15) is 4.79 Å². The molecule has 0 N–H and O–H groups in total. The molecule has 1 atom stereocenters. The van der Waals surface area contributed by atoms with E-state index >= 15 is 0 Å². The minimum absolute atomic E-state index is 0.0149. The van der Waals surface area contributed by atoms with Crippen LogP contribution in [0.25, 0.3) is 11.5 Å². The fourth-order valence-corrected chi connectivity index (χ4v) is 3.05. The first-order chi connectivity index (χ1) is 12.1. The largest absolute Gasteiger partial charge is 0.497 e. The Morgan fingerprint density at radius 3 is 2.44 bits per heavy atom. The van der Waals surface area contributed by atoms with Gasteiger partial charge in [-0.15, -0.1) is 10.2 Å². The number of benzene rings is 2. The van der Waals surface area contributed by atoms with Crippen LogP contribution in [0.3, 0.4) is 0 Å². The Bertz CT molecular complexity index is 863. The molecule has 25 heavy (non-hydrogen) atoms. The number of hydrogen-bond acceptors (Lipinski definition) is 6. The Balaban J connectivity index is 1.69. The van der Waals surface area contributed by atoms with Crippen molar-refractivity contribution in [1.29, 1.82) is 0 Å². The number of thioether (sulfide) groups is 1. The van der Waals surface area contributed by atoms with Gasteiger partial charge in [-0.2, -0.15) is 0 Å². The molecule has 0 aliphatic heterocycles. The molecule has 0 unspecified atom stereocenters. The van der Waals surface area contributed by atoms with E-state index in [4.69, 9.17) is 20.8 Å². The standard InChI is InChI=1S/C18H15ClN2O3S/c1-11(16(22)12-5-9-15(23-2)10-6-12)25-18-21-20-17(24-18)13-3-7-14(19)8-4-13/h3-11H,1-2H3/t11-/m0/s1. The summed E-state index contributed by atoms with van der Waals surface area (Å²) < 4.78 is 10.7. The van der Waals surface area contributed by atoms with Crippen LogP contribution in [0.15, 0.2) is 58.2 Å². The van der Waals surface area contributed by atoms with Gasteiger partial charge in [0.1, 0.15) is 5.75 Å². The van der Waals surface area contributed by atoms with Crippen LogP contribution in [-0.2, 0) is 0 Å². The minimum Gasteiger partial charge on any atom is -0.497 e. The van der Waals surface area contributed by atoms with Crippen LogP contribution in [0.4, 0.5) is 0 Å². The second kappa shape index (κ2) is 7.72. The molecule has 1 heterocycles. The van der Waals surface area contributed by atoms with E-state index in [0.29, 0.717) is 27.4 Å². The van der Waals surface area contributed by atoms with Crippen molar-refractivity contribution in [2.24, 2.45) is 0 Å². The molecule has 0 aliphatic carbocycles. The molecule has 128 valence electrons. The van der Waals surface area contributed by atoms with Gasteiger partial charge in [-0.05, 0) is 55.5 Å². The van der Waals surface area contributed by atoms with Crippen LogP contribution in [-0.4, -0.2) is 28.3 Å². The Labute approximate surface area is 154 Å². The summed E-state index contributed by atoms with van der Waals surface area (Å²) in [5, 5.41) is 8.64. The maximum Gasteiger partial charge on any atom is 0.277 e. The maximum absolute atomic E-state index is 12.5. The SMILES string of the molecule is COc1ccc(C(=O)[C@H](C)Sc2nnc(-c3ccc(Cl)cc3)o2)cc1. The van der Waals surface area contributed by atoms with E-state index in [0.717, 1.165) is 5.56 Å². The summed E-state index contributed by atoms with van der Waals surface area (Å²) in [7, 11) is 1.59. The van der Waals surface area contributed by atoms with Crippen LogP contribution in [0.5, 0.6) is 5.75 Å². The van der Waals surface area contributed by atoms with Crippen LogP contribution >= 0.6 is 23.4 Å². The molecule has 0 spiro atoms. The van der Waals surface area contributed by atoms with Gasteiger partial charge in [0.25, 0.3) is 5.22 Å². The van der Waals surface area contributed by atoms with Crippen molar-refractivity contribution in [3.63, 3.8) is 0 Å². The zero-order valence-electron chi connectivity index (χ0n) is 13.6. The minimum atomic E-state index is -0.355. The van der Waals surface area contributed by atoms with Gasteiger partial charge in [0.15, 0.2) is 5.78 Å². The van der Waals surface area contributed by atoms with E-state index in [1.165, 1.54) is 11.8 Å². The first kappa shape index (κ1) is 17.5. The average molecular weight is 375 g/mol. The van der Waals surface area contributed by atoms with E-state index in [1.54, 1.807) is 55.6 Å². The average Bonchev–Trinajstić information content (AvgIpc) is 3.10. The third-order valence-electron chi connectivity index (χ3n) is 3.52. The molecule has 3 rings (SSSR count). The highest BCUT2D eigenvalue weighted by molar-refractivity contribution is 8.00. The molecule has 3 aromatic rings. The predicted molar refractivity (Wildman–Crippen MR) is 97.4 cm³/mol. The van der Waals surface area contributed by atoms with Crippen LogP contribution in [0.1, 0.15) is 17.3 Å². The van der Waals surface area contributed by atoms with Gasteiger partial charge < -0.3 is 9.15 Å². The van der Waals surface area contributed by atoms with E-state index in [1.807, 2.05) is 6.92 Å². The normalized spacial score (nSPS) is 12.0. The zero-order chi connectivity index (χ0) is 17.8. The third-order valence-corrected chi connectivity index (χ3v) is 4.71. The lowest BCUT2D eigenvalue weighted by atomic mass is 10.1. The number of rotatable bonds is 6. The van der Waals surface area contributed by atoms with Gasteiger partial charge in [-0.3, -0.25) is 4.79 Å². The van der Waals surface area contributed by atoms with E-state index in [2.05, 4.69) is 10.2 Å². The molecule has 0 saturated heterocycles. The molecular weight excluding hydrogens is 360 g/mol. The van der Waals surface area contributed by atoms with Crippen LogP contribution in [0.2, 0.25) is 5.02 Å². The Hall–Kier alpha value is -2.31. The fraction of sp³-hybridized carbons (Fsp3) is 0.167. The van der Waals surface area contributed by atoms with Crippen molar-refractivity contribution in [2.75, 3.05) is 7.11 Å². The van der Waals surface area contributed by atoms with Crippen molar-refractivity contribution in [1.82, 2.24) is 10.2 Å². The smallest absolute Gasteiger partial charge is 0.277 e. The third kappa shape index (κ3) is 4.21. The summed E-state index contributed by atoms with van der Waals surface area (Å²) in [6, 6.07) is 14.1. The quantitative estimate of drug-likeness (QED) is 0.457. The zero-order valence-corrected chi connectivity index (χ0v) is 15.2. The first-order valence-electron chi connectivity index (χ1n) is 7.51. The van der Waals surface area contributed by atoms with Crippen LogP contribution < -0.4 is 4.74 Å². The molecular formula is C18H15ClN2O3S. The summed E-state index contributed by atoms with van der Waals surface area (Å²) in [6.07, 6.45) is 0. The predicted octanol–water partition coefficient (Wildman–Crippen LogP) is 4.76. The molecule has 7 heteroatoms. The number of carbonyl (C=O) groups is 1. The van der Waals surface area contributed by atoms with Gasteiger partial charge in [-0.25, -0.2) is 0 Å². The molecule has 0 aliphatic rings. The lowest BCUT2D eigenvalue weighted by Gasteiger charge is -2.08. The molecule has 1 aromatic heterocycles. The number of nitrogens with zero attached hydrogens (tertiary/aromatic N) is 2. The summed E-state index contributed by atoms with van der Waals surface area (Å²) >= 11 is 7.10. The van der Waals surface area contributed by atoms with Gasteiger partial charge >= 0.3 is 0 Å². The van der Waals surface area contributed by atoms with Crippen molar-refractivity contribution in [3.8, 4) is 17.2 Å². The van der Waals surface area contributed by atoms with Crippen molar-refractivity contribution in [2.45, 2.75) is 17.4 Å². The first-order valence-corrected chi connectivity index (χ1v) is 8.77. The summed E-state index contributed by atoms with van der Waals surface area (Å²) in [5.41, 5.74) is 1.39. The summed E-state index contributed by atoms with van der Waals surface area (Å²) in [5.74, 6) is 1.09. The van der Waals surface area contributed by atoms with Crippen LogP contribution in [0, 0.1) is 0 Å². The van der Waals surface area contributed by atoms with Gasteiger partial charge in [0.05, 0.1) is 12.4 Å². The number of carbonyl (C=O) groups excluding carboxylic acids is 1. The Kier molecular flexibility index (Phi) is 5.40. The van der Waals surface area contributed by atoms with Crippen molar-refractivity contribution < 1.29 is 13.9 Å². The number of ketones is 1. The summed E-state index contributed by atoms with van der Waals surface area (Å²) in [4.78, 5) is 12.5. The molecule has 0 bridgehead atoms. The van der Waals surface area contributed by atoms with Crippen molar-refractivity contribution >= 4 is 29.1 Å². The molecule has 0 fully saturated rings. The van der Waals surface area contributed by atoms with Gasteiger partial charge in [0.2, 0.25) is 5.89 Å². The van der Waals surface area contributed by atoms with E-state index < -0.39 is 0 Å². The highest BCUT2D eigenvalue weighted by Crippen LogP contribution is 2.28. The van der Waals surface area contributed by atoms with Gasteiger partial charge in [0, 0.05) is 16.1 Å². The monoisotopic (exact) mass is 374 g/mol. The molecule has 5 nitrogen and oxygen atoms in total. The number of Topliss-reactive ketones (excluding diaryl/α,β-unsaturated/α-hetero) is 1. The molecule has 0 radical (unpaired) electrons. The second-order valence-electron chi connectivity index (χ2n) is 5.23. The number of methoxy groups -OCH3 is 1. The maximum atomic E-state index is 12.5. The fourth-order valence-electron chi connectivity index (χ4n) is 2.16. The topological polar surface area (TPSA) is 65.2 Å². The lowest BCUT2D eigenvalue weighted by Crippen LogP contribution is -2.13. The number of aromatic nitrogens is 2.